The van der Waals surface area contributed by atoms with Gasteiger partial charge in [0, 0.05) is 0 Å². The molecular formula is C14H11NO5S. The van der Waals surface area contributed by atoms with Crippen LogP contribution in [0.4, 0.5) is 5.00 Å². The van der Waals surface area contributed by atoms with Crippen molar-refractivity contribution in [3.63, 3.8) is 0 Å². The van der Waals surface area contributed by atoms with Crippen LogP contribution in [0.3, 0.4) is 0 Å². The SMILES string of the molecule is O=C(O)c1ccsc1NC(=O)C1COc2ccccc2O1. The molecule has 6 nitrogen and oxygen atoms in total. The van der Waals surface area contributed by atoms with E-state index in [9.17, 15) is 9.59 Å². The molecule has 2 N–H and O–H groups in total. The van der Waals surface area contributed by atoms with Crippen molar-refractivity contribution < 1.29 is 24.2 Å². The fraction of sp³-hybridized carbons (Fsp3) is 0.143. The molecule has 0 saturated heterocycles. The van der Waals surface area contributed by atoms with Gasteiger partial charge in [-0.15, -0.1) is 11.3 Å². The number of rotatable bonds is 3. The molecule has 1 aromatic carbocycles. The second-order valence-electron chi connectivity index (χ2n) is 4.32. The van der Waals surface area contributed by atoms with Crippen LogP contribution in [0, 0.1) is 0 Å². The lowest BCUT2D eigenvalue weighted by atomic mass is 10.2. The highest BCUT2D eigenvalue weighted by Crippen LogP contribution is 2.31. The molecule has 1 unspecified atom stereocenters. The van der Waals surface area contributed by atoms with Crippen molar-refractivity contribution in [1.82, 2.24) is 0 Å². The highest BCUT2D eigenvalue weighted by molar-refractivity contribution is 7.14. The van der Waals surface area contributed by atoms with Crippen molar-refractivity contribution >= 4 is 28.2 Å². The Labute approximate surface area is 123 Å². The Bertz CT molecular complexity index is 696. The summed E-state index contributed by atoms with van der Waals surface area (Å²) in [4.78, 5) is 23.2. The summed E-state index contributed by atoms with van der Waals surface area (Å²) < 4.78 is 11.0. The third-order valence-corrected chi connectivity index (χ3v) is 3.76. The van der Waals surface area contributed by atoms with Crippen molar-refractivity contribution in [2.75, 3.05) is 11.9 Å². The lowest BCUT2D eigenvalue weighted by molar-refractivity contribution is -0.125. The summed E-state index contributed by atoms with van der Waals surface area (Å²) in [5, 5.41) is 13.5. The van der Waals surface area contributed by atoms with Crippen molar-refractivity contribution in [2.45, 2.75) is 6.10 Å². The Morgan fingerprint density at radius 1 is 1.24 bits per heavy atom. The largest absolute Gasteiger partial charge is 0.485 e. The van der Waals surface area contributed by atoms with E-state index in [1.165, 1.54) is 6.07 Å². The number of nitrogens with one attached hydrogen (secondary N) is 1. The maximum Gasteiger partial charge on any atom is 0.338 e. The molecule has 0 bridgehead atoms. The molecule has 1 aliphatic heterocycles. The maximum absolute atomic E-state index is 12.1. The van der Waals surface area contributed by atoms with Gasteiger partial charge in [-0.3, -0.25) is 4.79 Å². The van der Waals surface area contributed by atoms with E-state index in [1.807, 2.05) is 6.07 Å². The van der Waals surface area contributed by atoms with E-state index in [-0.39, 0.29) is 17.2 Å². The molecule has 21 heavy (non-hydrogen) atoms. The number of carbonyl (C=O) groups is 2. The average molecular weight is 305 g/mol. The number of carbonyl (C=O) groups excluding carboxylic acids is 1. The number of carboxylic acids is 1. The minimum atomic E-state index is -1.09. The maximum atomic E-state index is 12.1. The molecule has 2 heterocycles. The van der Waals surface area contributed by atoms with Crippen LogP contribution in [0.25, 0.3) is 0 Å². The number of thiophene rings is 1. The van der Waals surface area contributed by atoms with Crippen LogP contribution in [0.1, 0.15) is 10.4 Å². The summed E-state index contributed by atoms with van der Waals surface area (Å²) in [6.07, 6.45) is -0.816. The zero-order chi connectivity index (χ0) is 14.8. The first-order chi connectivity index (χ1) is 10.1. The molecular weight excluding hydrogens is 294 g/mol. The number of benzene rings is 1. The second-order valence-corrected chi connectivity index (χ2v) is 5.24. The van der Waals surface area contributed by atoms with Crippen molar-refractivity contribution in [1.29, 1.82) is 0 Å². The van der Waals surface area contributed by atoms with Gasteiger partial charge in [0.05, 0.1) is 5.56 Å². The predicted octanol–water partition coefficient (Wildman–Crippen LogP) is 2.22. The van der Waals surface area contributed by atoms with E-state index in [1.54, 1.807) is 23.6 Å². The lowest BCUT2D eigenvalue weighted by Crippen LogP contribution is -2.40. The van der Waals surface area contributed by atoms with Gasteiger partial charge in [-0.05, 0) is 23.6 Å². The number of ether oxygens (including phenoxy) is 2. The molecule has 3 rings (SSSR count). The molecule has 108 valence electrons. The van der Waals surface area contributed by atoms with Gasteiger partial charge in [-0.1, -0.05) is 12.1 Å². The fourth-order valence-corrected chi connectivity index (χ4v) is 2.70. The molecule has 0 spiro atoms. The Morgan fingerprint density at radius 2 is 2.00 bits per heavy atom. The van der Waals surface area contributed by atoms with Crippen LogP contribution >= 0.6 is 11.3 Å². The first-order valence-electron chi connectivity index (χ1n) is 6.15. The minimum Gasteiger partial charge on any atom is -0.485 e. The average Bonchev–Trinajstić information content (AvgIpc) is 2.95. The summed E-state index contributed by atoms with van der Waals surface area (Å²) >= 11 is 1.15. The standard InChI is InChI=1S/C14H11NO5S/c16-12(15-13-8(14(17)18)5-6-21-13)11-7-19-9-3-1-2-4-10(9)20-11/h1-6,11H,7H2,(H,15,16)(H,17,18). The third-order valence-electron chi connectivity index (χ3n) is 2.93. The molecule has 1 aliphatic rings. The van der Waals surface area contributed by atoms with E-state index in [0.717, 1.165) is 11.3 Å². The molecule has 0 saturated carbocycles. The second kappa shape index (κ2) is 5.45. The number of carboxylic acid groups (broad SMARTS) is 1. The monoisotopic (exact) mass is 305 g/mol. The number of fused-ring (bicyclic) bond motifs is 1. The molecule has 0 aliphatic carbocycles. The highest BCUT2D eigenvalue weighted by Gasteiger charge is 2.28. The van der Waals surface area contributed by atoms with Gasteiger partial charge >= 0.3 is 5.97 Å². The summed E-state index contributed by atoms with van der Waals surface area (Å²) in [6, 6.07) is 8.50. The topological polar surface area (TPSA) is 84.9 Å². The summed E-state index contributed by atoms with van der Waals surface area (Å²) in [5.74, 6) is -0.440. The van der Waals surface area contributed by atoms with E-state index < -0.39 is 18.0 Å². The van der Waals surface area contributed by atoms with Gasteiger partial charge in [0.2, 0.25) is 6.10 Å². The van der Waals surface area contributed by atoms with E-state index in [2.05, 4.69) is 5.32 Å². The Balaban J connectivity index is 1.72. The van der Waals surface area contributed by atoms with Gasteiger partial charge in [0.1, 0.15) is 11.6 Å². The first kappa shape index (κ1) is 13.4. The van der Waals surface area contributed by atoms with Crippen LogP contribution in [0.5, 0.6) is 11.5 Å². The number of aromatic carboxylic acids is 1. The summed E-state index contributed by atoms with van der Waals surface area (Å²) in [7, 11) is 0. The normalized spacial score (nSPS) is 16.3. The van der Waals surface area contributed by atoms with Crippen LogP contribution in [-0.2, 0) is 4.79 Å². The number of amides is 1. The predicted molar refractivity (Wildman–Crippen MR) is 76.3 cm³/mol. The Kier molecular flexibility index (Phi) is 3.49. The molecule has 1 amide bonds. The summed E-state index contributed by atoms with van der Waals surface area (Å²) in [5.41, 5.74) is 0.0606. The van der Waals surface area contributed by atoms with E-state index in [0.29, 0.717) is 11.5 Å². The van der Waals surface area contributed by atoms with Crippen LogP contribution in [-0.4, -0.2) is 29.7 Å². The van der Waals surface area contributed by atoms with Gasteiger partial charge in [-0.25, -0.2) is 4.79 Å². The fourth-order valence-electron chi connectivity index (χ4n) is 1.92. The number of hydrogen-bond acceptors (Lipinski definition) is 5. The van der Waals surface area contributed by atoms with Crippen LogP contribution < -0.4 is 14.8 Å². The highest BCUT2D eigenvalue weighted by atomic mass is 32.1. The molecule has 2 aromatic rings. The number of para-hydroxylation sites is 2. The van der Waals surface area contributed by atoms with Crippen molar-refractivity contribution in [3.05, 3.63) is 41.3 Å². The Hall–Kier alpha value is -2.54. The minimum absolute atomic E-state index is 0.0606. The van der Waals surface area contributed by atoms with Crippen molar-refractivity contribution in [3.8, 4) is 11.5 Å². The van der Waals surface area contributed by atoms with Crippen LogP contribution in [0.15, 0.2) is 35.7 Å². The van der Waals surface area contributed by atoms with Gasteiger partial charge in [-0.2, -0.15) is 0 Å². The van der Waals surface area contributed by atoms with E-state index in [4.69, 9.17) is 14.6 Å². The van der Waals surface area contributed by atoms with Crippen LogP contribution in [0.2, 0.25) is 0 Å². The smallest absolute Gasteiger partial charge is 0.338 e. The number of anilines is 1. The van der Waals surface area contributed by atoms with Gasteiger partial charge in [0.25, 0.3) is 5.91 Å². The summed E-state index contributed by atoms with van der Waals surface area (Å²) in [6.45, 7) is 0.0800. The lowest BCUT2D eigenvalue weighted by Gasteiger charge is -2.25. The Morgan fingerprint density at radius 3 is 2.76 bits per heavy atom. The zero-order valence-corrected chi connectivity index (χ0v) is 11.6. The first-order valence-corrected chi connectivity index (χ1v) is 7.03. The van der Waals surface area contributed by atoms with Crippen molar-refractivity contribution in [2.24, 2.45) is 0 Å². The van der Waals surface area contributed by atoms with E-state index >= 15 is 0 Å². The molecule has 1 aromatic heterocycles. The number of hydrogen-bond donors (Lipinski definition) is 2. The van der Waals surface area contributed by atoms with Gasteiger partial charge in [0.15, 0.2) is 11.5 Å². The molecule has 0 radical (unpaired) electrons. The quantitative estimate of drug-likeness (QED) is 0.908. The van der Waals surface area contributed by atoms with Gasteiger partial charge < -0.3 is 19.9 Å². The molecule has 7 heteroatoms. The molecule has 0 fully saturated rings. The zero-order valence-electron chi connectivity index (χ0n) is 10.7. The third kappa shape index (κ3) is 2.68. The molecule has 1 atom stereocenters.